The van der Waals surface area contributed by atoms with Gasteiger partial charge in [0.1, 0.15) is 0 Å². The minimum absolute atomic E-state index is 0.428. The SMILES string of the molecule is NC1CSCC1Cc1cccs1. The molecule has 2 rings (SSSR count). The molecule has 1 saturated heterocycles. The summed E-state index contributed by atoms with van der Waals surface area (Å²) < 4.78 is 0. The minimum Gasteiger partial charge on any atom is -0.327 e. The van der Waals surface area contributed by atoms with Gasteiger partial charge in [-0.3, -0.25) is 0 Å². The molecule has 1 aromatic rings. The van der Waals surface area contributed by atoms with E-state index in [9.17, 15) is 0 Å². The van der Waals surface area contributed by atoms with Crippen LogP contribution in [-0.2, 0) is 6.42 Å². The van der Waals surface area contributed by atoms with Gasteiger partial charge in [0, 0.05) is 16.7 Å². The van der Waals surface area contributed by atoms with Gasteiger partial charge in [-0.1, -0.05) is 6.07 Å². The molecule has 2 unspecified atom stereocenters. The van der Waals surface area contributed by atoms with Crippen LogP contribution in [0, 0.1) is 5.92 Å². The van der Waals surface area contributed by atoms with Crippen molar-refractivity contribution in [2.45, 2.75) is 12.5 Å². The summed E-state index contributed by atoms with van der Waals surface area (Å²) in [5, 5.41) is 2.14. The smallest absolute Gasteiger partial charge is 0.0170 e. The van der Waals surface area contributed by atoms with E-state index < -0.39 is 0 Å². The third-order valence-corrected chi connectivity index (χ3v) is 4.47. The van der Waals surface area contributed by atoms with Crippen LogP contribution in [0.5, 0.6) is 0 Å². The lowest BCUT2D eigenvalue weighted by molar-refractivity contribution is 0.519. The molecule has 3 heteroatoms. The number of hydrogen-bond acceptors (Lipinski definition) is 3. The third kappa shape index (κ3) is 1.84. The highest BCUT2D eigenvalue weighted by Crippen LogP contribution is 2.27. The molecule has 12 heavy (non-hydrogen) atoms. The molecule has 0 spiro atoms. The summed E-state index contributed by atoms with van der Waals surface area (Å²) >= 11 is 3.84. The van der Waals surface area contributed by atoms with Crippen LogP contribution in [0.2, 0.25) is 0 Å². The average Bonchev–Trinajstić information content (AvgIpc) is 2.65. The van der Waals surface area contributed by atoms with Crippen LogP contribution in [0.4, 0.5) is 0 Å². The van der Waals surface area contributed by atoms with Gasteiger partial charge in [0.2, 0.25) is 0 Å². The minimum atomic E-state index is 0.428. The molecule has 0 aromatic carbocycles. The molecule has 1 aliphatic heterocycles. The molecule has 1 fully saturated rings. The van der Waals surface area contributed by atoms with E-state index in [1.807, 2.05) is 23.1 Å². The van der Waals surface area contributed by atoms with E-state index in [4.69, 9.17) is 5.73 Å². The van der Waals surface area contributed by atoms with Crippen LogP contribution in [0.15, 0.2) is 17.5 Å². The molecule has 1 nitrogen and oxygen atoms in total. The molecule has 0 amide bonds. The van der Waals surface area contributed by atoms with Gasteiger partial charge in [-0.25, -0.2) is 0 Å². The maximum absolute atomic E-state index is 5.98. The maximum Gasteiger partial charge on any atom is 0.0170 e. The van der Waals surface area contributed by atoms with Crippen LogP contribution in [-0.4, -0.2) is 17.5 Å². The van der Waals surface area contributed by atoms with Crippen LogP contribution in [0.3, 0.4) is 0 Å². The molecule has 1 aromatic heterocycles. The van der Waals surface area contributed by atoms with Crippen molar-refractivity contribution in [3.63, 3.8) is 0 Å². The predicted octanol–water partition coefficient (Wildman–Crippen LogP) is 1.98. The molecule has 66 valence electrons. The standard InChI is InChI=1S/C9H13NS2/c10-9-6-11-5-7(9)4-8-2-1-3-12-8/h1-3,7,9H,4-6,10H2. The molecule has 1 aliphatic rings. The zero-order valence-corrected chi connectivity index (χ0v) is 8.53. The van der Waals surface area contributed by atoms with E-state index >= 15 is 0 Å². The molecular formula is C9H13NS2. The Bertz CT molecular complexity index is 233. The van der Waals surface area contributed by atoms with Crippen molar-refractivity contribution in [3.8, 4) is 0 Å². The van der Waals surface area contributed by atoms with E-state index in [1.165, 1.54) is 17.1 Å². The lowest BCUT2D eigenvalue weighted by atomic mass is 10.00. The summed E-state index contributed by atoms with van der Waals surface area (Å²) in [4.78, 5) is 1.48. The summed E-state index contributed by atoms with van der Waals surface area (Å²) in [6.07, 6.45) is 1.19. The van der Waals surface area contributed by atoms with Crippen molar-refractivity contribution < 1.29 is 0 Å². The van der Waals surface area contributed by atoms with E-state index in [2.05, 4.69) is 17.5 Å². The Labute approximate surface area is 81.4 Å². The van der Waals surface area contributed by atoms with Gasteiger partial charge in [-0.05, 0) is 29.5 Å². The van der Waals surface area contributed by atoms with Crippen molar-refractivity contribution in [1.29, 1.82) is 0 Å². The topological polar surface area (TPSA) is 26.0 Å². The molecular weight excluding hydrogens is 186 g/mol. The fraction of sp³-hybridized carbons (Fsp3) is 0.556. The third-order valence-electron chi connectivity index (χ3n) is 2.29. The lowest BCUT2D eigenvalue weighted by Gasteiger charge is -2.12. The number of hydrogen-bond donors (Lipinski definition) is 1. The Balaban J connectivity index is 1.95. The maximum atomic E-state index is 5.98. The second-order valence-corrected chi connectivity index (χ2v) is 5.35. The number of thiophene rings is 1. The average molecular weight is 199 g/mol. The summed E-state index contributed by atoms with van der Waals surface area (Å²) in [5.74, 6) is 3.11. The second kappa shape index (κ2) is 3.81. The quantitative estimate of drug-likeness (QED) is 0.788. The molecule has 2 atom stereocenters. The first kappa shape index (κ1) is 8.60. The van der Waals surface area contributed by atoms with Gasteiger partial charge in [0.15, 0.2) is 0 Å². The molecule has 0 bridgehead atoms. The van der Waals surface area contributed by atoms with Crippen LogP contribution in [0.25, 0.3) is 0 Å². The lowest BCUT2D eigenvalue weighted by Crippen LogP contribution is -2.29. The zero-order valence-electron chi connectivity index (χ0n) is 6.90. The van der Waals surface area contributed by atoms with Crippen molar-refractivity contribution in [2.24, 2.45) is 11.7 Å². The Morgan fingerprint density at radius 1 is 1.50 bits per heavy atom. The van der Waals surface area contributed by atoms with Gasteiger partial charge in [0.25, 0.3) is 0 Å². The second-order valence-electron chi connectivity index (χ2n) is 3.24. The number of thioether (sulfide) groups is 1. The van der Waals surface area contributed by atoms with E-state index in [1.54, 1.807) is 0 Å². The van der Waals surface area contributed by atoms with Crippen molar-refractivity contribution in [1.82, 2.24) is 0 Å². The normalized spacial score (nSPS) is 29.4. The largest absolute Gasteiger partial charge is 0.327 e. The summed E-state index contributed by atoms with van der Waals surface area (Å²) in [5.41, 5.74) is 5.98. The highest BCUT2D eigenvalue weighted by atomic mass is 32.2. The summed E-state index contributed by atoms with van der Waals surface area (Å²) in [7, 11) is 0. The van der Waals surface area contributed by atoms with Gasteiger partial charge < -0.3 is 5.73 Å². The van der Waals surface area contributed by atoms with Gasteiger partial charge in [-0.15, -0.1) is 11.3 Å². The molecule has 2 heterocycles. The van der Waals surface area contributed by atoms with Gasteiger partial charge in [0.05, 0.1) is 0 Å². The van der Waals surface area contributed by atoms with Crippen molar-refractivity contribution in [3.05, 3.63) is 22.4 Å². The van der Waals surface area contributed by atoms with Crippen LogP contribution >= 0.6 is 23.1 Å². The Kier molecular flexibility index (Phi) is 2.73. The fourth-order valence-corrected chi connectivity index (χ4v) is 3.66. The Morgan fingerprint density at radius 3 is 3.00 bits per heavy atom. The summed E-state index contributed by atoms with van der Waals surface area (Å²) in [6.45, 7) is 0. The summed E-state index contributed by atoms with van der Waals surface area (Å²) in [6, 6.07) is 4.76. The number of nitrogens with two attached hydrogens (primary N) is 1. The van der Waals surface area contributed by atoms with Crippen molar-refractivity contribution >= 4 is 23.1 Å². The predicted molar refractivity (Wildman–Crippen MR) is 56.8 cm³/mol. The van der Waals surface area contributed by atoms with E-state index in [0.717, 1.165) is 5.75 Å². The van der Waals surface area contributed by atoms with Crippen LogP contribution in [0.1, 0.15) is 4.88 Å². The number of rotatable bonds is 2. The highest BCUT2D eigenvalue weighted by Gasteiger charge is 2.24. The fourth-order valence-electron chi connectivity index (χ4n) is 1.51. The van der Waals surface area contributed by atoms with Gasteiger partial charge >= 0.3 is 0 Å². The Morgan fingerprint density at radius 2 is 2.42 bits per heavy atom. The first-order valence-corrected chi connectivity index (χ1v) is 6.25. The van der Waals surface area contributed by atoms with Crippen molar-refractivity contribution in [2.75, 3.05) is 11.5 Å². The molecule has 0 saturated carbocycles. The first-order chi connectivity index (χ1) is 5.86. The van der Waals surface area contributed by atoms with E-state index in [0.29, 0.717) is 12.0 Å². The van der Waals surface area contributed by atoms with E-state index in [-0.39, 0.29) is 0 Å². The van der Waals surface area contributed by atoms with Gasteiger partial charge in [-0.2, -0.15) is 11.8 Å². The molecule has 2 N–H and O–H groups in total. The highest BCUT2D eigenvalue weighted by molar-refractivity contribution is 7.99. The molecule has 0 radical (unpaired) electrons. The Hall–Kier alpha value is 0.01000. The van der Waals surface area contributed by atoms with Crippen LogP contribution < -0.4 is 5.73 Å². The zero-order chi connectivity index (χ0) is 8.39. The monoisotopic (exact) mass is 199 g/mol. The first-order valence-electron chi connectivity index (χ1n) is 4.22. The molecule has 0 aliphatic carbocycles.